The minimum atomic E-state index is -1.95. The number of hydrogen-bond donors (Lipinski definition) is 1. The maximum Gasteiger partial charge on any atom is 0.207 e. The second-order valence-corrected chi connectivity index (χ2v) is 4.61. The first kappa shape index (κ1) is 9.86. The molecule has 0 spiro atoms. The van der Waals surface area contributed by atoms with Crippen molar-refractivity contribution < 1.29 is 8.76 Å². The minimum absolute atomic E-state index is 0.280. The van der Waals surface area contributed by atoms with Crippen LogP contribution in [0, 0.1) is 5.92 Å². The quantitative estimate of drug-likeness (QED) is 0.771. The molecule has 78 valence electrons. The summed E-state index contributed by atoms with van der Waals surface area (Å²) in [7, 11) is 0. The first-order valence-electron chi connectivity index (χ1n) is 4.87. The van der Waals surface area contributed by atoms with Gasteiger partial charge in [-0.25, -0.2) is 9.19 Å². The molecule has 0 saturated heterocycles. The van der Waals surface area contributed by atoms with Gasteiger partial charge in [0.05, 0.1) is 0 Å². The Morgan fingerprint density at radius 3 is 2.93 bits per heavy atom. The molecule has 1 atom stereocenters. The summed E-state index contributed by atoms with van der Waals surface area (Å²) in [6.45, 7) is 2.96. The van der Waals surface area contributed by atoms with Crippen LogP contribution in [0.15, 0.2) is 11.2 Å². The highest BCUT2D eigenvalue weighted by atomic mass is 32.2. The summed E-state index contributed by atoms with van der Waals surface area (Å²) in [6, 6.07) is 0. The minimum Gasteiger partial charge on any atom is -0.333 e. The lowest BCUT2D eigenvalue weighted by Crippen LogP contribution is -2.02. The summed E-state index contributed by atoms with van der Waals surface area (Å²) in [5.41, 5.74) is 0. The second-order valence-electron chi connectivity index (χ2n) is 3.69. The van der Waals surface area contributed by atoms with E-state index in [0.717, 1.165) is 24.7 Å². The van der Waals surface area contributed by atoms with Gasteiger partial charge in [0.1, 0.15) is 5.82 Å². The molecule has 1 fully saturated rings. The normalized spacial score (nSPS) is 18.4. The molecule has 0 bridgehead atoms. The number of nitrogens with zero attached hydrogens (tertiary/aromatic N) is 2. The van der Waals surface area contributed by atoms with Crippen LogP contribution in [0.25, 0.3) is 0 Å². The van der Waals surface area contributed by atoms with E-state index in [9.17, 15) is 4.21 Å². The van der Waals surface area contributed by atoms with E-state index in [1.165, 1.54) is 12.8 Å². The van der Waals surface area contributed by atoms with Crippen LogP contribution < -0.4 is 0 Å². The number of aryl methyl sites for hydroxylation is 1. The third kappa shape index (κ3) is 2.04. The predicted octanol–water partition coefficient (Wildman–Crippen LogP) is 1.44. The van der Waals surface area contributed by atoms with E-state index in [2.05, 4.69) is 4.98 Å². The molecule has 2 rings (SSSR count). The van der Waals surface area contributed by atoms with Crippen molar-refractivity contribution in [2.24, 2.45) is 5.92 Å². The first-order chi connectivity index (χ1) is 6.70. The average Bonchev–Trinajstić information content (AvgIpc) is 2.84. The van der Waals surface area contributed by atoms with Crippen LogP contribution in [0.5, 0.6) is 0 Å². The Bertz CT molecular complexity index is 358. The molecule has 1 saturated carbocycles. The summed E-state index contributed by atoms with van der Waals surface area (Å²) in [5, 5.41) is 0.280. The fourth-order valence-corrected chi connectivity index (χ4v) is 1.93. The number of aromatic nitrogens is 2. The zero-order chi connectivity index (χ0) is 10.1. The van der Waals surface area contributed by atoms with E-state index in [-0.39, 0.29) is 5.03 Å². The topological polar surface area (TPSA) is 55.1 Å². The molecule has 1 heterocycles. The molecule has 0 aliphatic heterocycles. The van der Waals surface area contributed by atoms with Crippen LogP contribution in [0.4, 0.5) is 0 Å². The monoisotopic (exact) mass is 214 g/mol. The average molecular weight is 214 g/mol. The smallest absolute Gasteiger partial charge is 0.207 e. The zero-order valence-electron chi connectivity index (χ0n) is 8.14. The molecule has 1 aromatic heterocycles. The second kappa shape index (κ2) is 3.82. The van der Waals surface area contributed by atoms with E-state index >= 15 is 0 Å². The van der Waals surface area contributed by atoms with Gasteiger partial charge in [-0.15, -0.1) is 0 Å². The van der Waals surface area contributed by atoms with Crippen LogP contribution >= 0.6 is 0 Å². The lowest BCUT2D eigenvalue weighted by Gasteiger charge is -2.03. The largest absolute Gasteiger partial charge is 0.333 e. The molecule has 4 nitrogen and oxygen atoms in total. The van der Waals surface area contributed by atoms with Crippen molar-refractivity contribution in [2.75, 3.05) is 0 Å². The number of hydrogen-bond acceptors (Lipinski definition) is 2. The zero-order valence-corrected chi connectivity index (χ0v) is 8.96. The summed E-state index contributed by atoms with van der Waals surface area (Å²) >= 11 is -1.95. The fourth-order valence-electron chi connectivity index (χ4n) is 1.53. The molecular weight excluding hydrogens is 200 g/mol. The summed E-state index contributed by atoms with van der Waals surface area (Å²) in [5.74, 6) is 1.67. The maximum absolute atomic E-state index is 10.8. The van der Waals surface area contributed by atoms with Gasteiger partial charge in [0, 0.05) is 19.2 Å². The summed E-state index contributed by atoms with van der Waals surface area (Å²) in [4.78, 5) is 4.12. The Hall–Kier alpha value is -0.680. The molecule has 14 heavy (non-hydrogen) atoms. The van der Waals surface area contributed by atoms with Gasteiger partial charge in [-0.1, -0.05) is 6.92 Å². The van der Waals surface area contributed by atoms with Crippen molar-refractivity contribution in [1.82, 2.24) is 9.55 Å². The SMILES string of the molecule is CCc1nc(S(=O)O)cn1CC1CC1. The van der Waals surface area contributed by atoms with Crippen LogP contribution in [0.1, 0.15) is 25.6 Å². The van der Waals surface area contributed by atoms with Crippen LogP contribution in [-0.2, 0) is 24.0 Å². The van der Waals surface area contributed by atoms with Crippen LogP contribution in [-0.4, -0.2) is 18.3 Å². The standard InChI is InChI=1S/C9H14N2O2S/c1-2-8-10-9(14(12)13)6-11(8)5-7-3-4-7/h6-7H,2-5H2,1H3,(H,12,13). The van der Waals surface area contributed by atoms with Crippen molar-refractivity contribution in [2.45, 2.75) is 37.8 Å². The van der Waals surface area contributed by atoms with Gasteiger partial charge in [-0.3, -0.25) is 0 Å². The molecule has 0 aromatic carbocycles. The van der Waals surface area contributed by atoms with E-state index in [1.807, 2.05) is 11.5 Å². The van der Waals surface area contributed by atoms with Gasteiger partial charge in [0.2, 0.25) is 11.1 Å². The Labute approximate surface area is 85.6 Å². The highest BCUT2D eigenvalue weighted by Crippen LogP contribution is 2.31. The third-order valence-corrected chi connectivity index (χ3v) is 3.04. The molecule has 1 N–H and O–H groups in total. The van der Waals surface area contributed by atoms with E-state index < -0.39 is 11.1 Å². The van der Waals surface area contributed by atoms with Gasteiger partial charge in [0.15, 0.2) is 5.03 Å². The molecule has 0 radical (unpaired) electrons. The lowest BCUT2D eigenvalue weighted by atomic mass is 10.4. The van der Waals surface area contributed by atoms with Gasteiger partial charge in [0.25, 0.3) is 0 Å². The maximum atomic E-state index is 10.8. The van der Waals surface area contributed by atoms with Crippen LogP contribution in [0.2, 0.25) is 0 Å². The lowest BCUT2D eigenvalue weighted by molar-refractivity contribution is 0.560. The van der Waals surface area contributed by atoms with Crippen molar-refractivity contribution in [1.29, 1.82) is 0 Å². The van der Waals surface area contributed by atoms with Crippen molar-refractivity contribution in [3.8, 4) is 0 Å². The van der Waals surface area contributed by atoms with Gasteiger partial charge in [-0.2, -0.15) is 0 Å². The highest BCUT2D eigenvalue weighted by Gasteiger charge is 2.23. The van der Waals surface area contributed by atoms with Crippen molar-refractivity contribution in [3.05, 3.63) is 12.0 Å². The number of rotatable bonds is 4. The molecule has 0 amide bonds. The van der Waals surface area contributed by atoms with E-state index in [0.29, 0.717) is 0 Å². The van der Waals surface area contributed by atoms with Crippen molar-refractivity contribution >= 4 is 11.1 Å². The Morgan fingerprint density at radius 1 is 1.71 bits per heavy atom. The third-order valence-electron chi connectivity index (χ3n) is 2.48. The van der Waals surface area contributed by atoms with E-state index in [1.54, 1.807) is 6.20 Å². The molecule has 5 heteroatoms. The highest BCUT2D eigenvalue weighted by molar-refractivity contribution is 7.79. The van der Waals surface area contributed by atoms with Crippen molar-refractivity contribution in [3.63, 3.8) is 0 Å². The van der Waals surface area contributed by atoms with Crippen LogP contribution in [0.3, 0.4) is 0 Å². The van der Waals surface area contributed by atoms with E-state index in [4.69, 9.17) is 4.55 Å². The first-order valence-corrected chi connectivity index (χ1v) is 5.98. The molecule has 1 aliphatic rings. The molecule has 1 aromatic rings. The predicted molar refractivity (Wildman–Crippen MR) is 53.4 cm³/mol. The van der Waals surface area contributed by atoms with Gasteiger partial charge >= 0.3 is 0 Å². The Kier molecular flexibility index (Phi) is 2.69. The Morgan fingerprint density at radius 2 is 2.43 bits per heavy atom. The van der Waals surface area contributed by atoms with Gasteiger partial charge in [-0.05, 0) is 18.8 Å². The molecule has 1 aliphatic carbocycles. The number of imidazole rings is 1. The summed E-state index contributed by atoms with van der Waals surface area (Å²) < 4.78 is 21.7. The Balaban J connectivity index is 2.21. The fraction of sp³-hybridized carbons (Fsp3) is 0.667. The molecule has 1 unspecified atom stereocenters. The summed E-state index contributed by atoms with van der Waals surface area (Å²) in [6.07, 6.45) is 5.06. The molecular formula is C9H14N2O2S. The van der Waals surface area contributed by atoms with Gasteiger partial charge < -0.3 is 9.12 Å².